The van der Waals surface area contributed by atoms with Gasteiger partial charge in [-0.2, -0.15) is 0 Å². The van der Waals surface area contributed by atoms with Gasteiger partial charge in [-0.3, -0.25) is 4.79 Å². The second-order valence-electron chi connectivity index (χ2n) is 5.35. The third kappa shape index (κ3) is 3.61. The summed E-state index contributed by atoms with van der Waals surface area (Å²) < 4.78 is 5.54. The van der Waals surface area contributed by atoms with Crippen LogP contribution in [0.3, 0.4) is 0 Å². The molecule has 108 valence electrons. The molecule has 0 saturated carbocycles. The molecule has 2 rings (SSSR count). The number of benzene rings is 1. The van der Waals surface area contributed by atoms with Crippen LogP contribution in [-0.4, -0.2) is 30.3 Å². The average Bonchev–Trinajstić information content (AvgIpc) is 2.46. The van der Waals surface area contributed by atoms with Crippen LogP contribution in [0.1, 0.15) is 25.8 Å². The van der Waals surface area contributed by atoms with Gasteiger partial charge in [-0.1, -0.05) is 32.0 Å². The average molecular weight is 275 g/mol. The Kier molecular flexibility index (Phi) is 4.79. The first kappa shape index (κ1) is 14.6. The standard InChI is InChI=1S/C16H21NO3/c1-11(2)14(18)7-8-17-16(19)13-9-12-5-3-4-6-15(12)20-10-13/h3-6,9,11,14,18H,7-8,10H2,1-2H3,(H,17,19). The molecule has 1 unspecified atom stereocenters. The molecule has 1 amide bonds. The molecule has 4 heteroatoms. The van der Waals surface area contributed by atoms with Gasteiger partial charge >= 0.3 is 0 Å². The van der Waals surface area contributed by atoms with Crippen molar-refractivity contribution in [2.45, 2.75) is 26.4 Å². The first-order valence-corrected chi connectivity index (χ1v) is 6.96. The molecule has 1 heterocycles. The van der Waals surface area contributed by atoms with Crippen LogP contribution in [0.25, 0.3) is 6.08 Å². The summed E-state index contributed by atoms with van der Waals surface area (Å²) in [7, 11) is 0. The maximum absolute atomic E-state index is 12.0. The van der Waals surface area contributed by atoms with Gasteiger partial charge in [0.15, 0.2) is 0 Å². The number of aliphatic hydroxyl groups excluding tert-OH is 1. The summed E-state index contributed by atoms with van der Waals surface area (Å²) >= 11 is 0. The number of carbonyl (C=O) groups is 1. The van der Waals surface area contributed by atoms with Crippen molar-refractivity contribution in [2.24, 2.45) is 5.92 Å². The fourth-order valence-electron chi connectivity index (χ4n) is 2.03. The van der Waals surface area contributed by atoms with E-state index < -0.39 is 0 Å². The topological polar surface area (TPSA) is 58.6 Å². The molecule has 1 atom stereocenters. The van der Waals surface area contributed by atoms with Gasteiger partial charge in [-0.15, -0.1) is 0 Å². The molecular weight excluding hydrogens is 254 g/mol. The highest BCUT2D eigenvalue weighted by molar-refractivity contribution is 5.99. The molecule has 2 N–H and O–H groups in total. The van der Waals surface area contributed by atoms with Gasteiger partial charge in [-0.05, 0) is 24.5 Å². The zero-order valence-electron chi connectivity index (χ0n) is 11.9. The summed E-state index contributed by atoms with van der Waals surface area (Å²) in [5.41, 5.74) is 1.54. The third-order valence-electron chi connectivity index (χ3n) is 3.42. The van der Waals surface area contributed by atoms with E-state index in [9.17, 15) is 9.90 Å². The predicted octanol–water partition coefficient (Wildman–Crippen LogP) is 1.99. The number of ether oxygens (including phenoxy) is 1. The number of fused-ring (bicyclic) bond motifs is 1. The number of aliphatic hydroxyl groups is 1. The Hall–Kier alpha value is -1.81. The van der Waals surface area contributed by atoms with E-state index >= 15 is 0 Å². The van der Waals surface area contributed by atoms with Gasteiger partial charge in [0.25, 0.3) is 5.91 Å². The van der Waals surface area contributed by atoms with E-state index in [1.807, 2.05) is 44.2 Å². The van der Waals surface area contributed by atoms with Crippen LogP contribution in [0.4, 0.5) is 0 Å². The fourth-order valence-corrected chi connectivity index (χ4v) is 2.03. The van der Waals surface area contributed by atoms with Gasteiger partial charge < -0.3 is 15.2 Å². The van der Waals surface area contributed by atoms with Crippen molar-refractivity contribution in [3.8, 4) is 5.75 Å². The maximum atomic E-state index is 12.0. The molecule has 0 radical (unpaired) electrons. The van der Waals surface area contributed by atoms with Crippen molar-refractivity contribution in [1.82, 2.24) is 5.32 Å². The number of amides is 1. The van der Waals surface area contributed by atoms with Gasteiger partial charge in [0.2, 0.25) is 0 Å². The Labute approximate surface area is 119 Å². The lowest BCUT2D eigenvalue weighted by Crippen LogP contribution is -2.31. The van der Waals surface area contributed by atoms with E-state index in [0.29, 0.717) is 18.5 Å². The van der Waals surface area contributed by atoms with E-state index in [4.69, 9.17) is 4.74 Å². The van der Waals surface area contributed by atoms with Crippen molar-refractivity contribution >= 4 is 12.0 Å². The molecule has 0 bridgehead atoms. The van der Waals surface area contributed by atoms with E-state index in [-0.39, 0.29) is 24.5 Å². The summed E-state index contributed by atoms with van der Waals surface area (Å²) in [6.07, 6.45) is 2.04. The lowest BCUT2D eigenvalue weighted by Gasteiger charge is -2.18. The van der Waals surface area contributed by atoms with Crippen molar-refractivity contribution in [3.05, 3.63) is 35.4 Å². The number of nitrogens with one attached hydrogen (secondary N) is 1. The van der Waals surface area contributed by atoms with Crippen molar-refractivity contribution < 1.29 is 14.6 Å². The smallest absolute Gasteiger partial charge is 0.250 e. The summed E-state index contributed by atoms with van der Waals surface area (Å²) in [5, 5.41) is 12.5. The quantitative estimate of drug-likeness (QED) is 0.864. The highest BCUT2D eigenvalue weighted by atomic mass is 16.5. The highest BCUT2D eigenvalue weighted by Crippen LogP contribution is 2.25. The molecule has 0 aromatic heterocycles. The molecule has 1 aliphatic heterocycles. The van der Waals surface area contributed by atoms with Crippen LogP contribution < -0.4 is 10.1 Å². The molecule has 0 aliphatic carbocycles. The largest absolute Gasteiger partial charge is 0.488 e. The van der Waals surface area contributed by atoms with Crippen molar-refractivity contribution in [1.29, 1.82) is 0 Å². The molecule has 0 saturated heterocycles. The minimum Gasteiger partial charge on any atom is -0.488 e. The molecule has 4 nitrogen and oxygen atoms in total. The van der Waals surface area contributed by atoms with Gasteiger partial charge in [0, 0.05) is 12.1 Å². The zero-order chi connectivity index (χ0) is 14.5. The van der Waals surface area contributed by atoms with Gasteiger partial charge in [0.05, 0.1) is 11.7 Å². The molecule has 20 heavy (non-hydrogen) atoms. The summed E-state index contributed by atoms with van der Waals surface area (Å²) in [5.74, 6) is 0.880. The normalized spacial score (nSPS) is 15.1. The van der Waals surface area contributed by atoms with Gasteiger partial charge in [0.1, 0.15) is 12.4 Å². The maximum Gasteiger partial charge on any atom is 0.250 e. The molecule has 1 aromatic carbocycles. The Morgan fingerprint density at radius 1 is 1.40 bits per heavy atom. The fraction of sp³-hybridized carbons (Fsp3) is 0.438. The van der Waals surface area contributed by atoms with Gasteiger partial charge in [-0.25, -0.2) is 0 Å². The van der Waals surface area contributed by atoms with Crippen molar-refractivity contribution in [3.63, 3.8) is 0 Å². The monoisotopic (exact) mass is 275 g/mol. The zero-order valence-corrected chi connectivity index (χ0v) is 11.9. The Morgan fingerprint density at radius 3 is 2.90 bits per heavy atom. The molecule has 0 spiro atoms. The van der Waals surface area contributed by atoms with E-state index in [2.05, 4.69) is 5.32 Å². The number of hydrogen-bond acceptors (Lipinski definition) is 3. The molecule has 0 fully saturated rings. The predicted molar refractivity (Wildman–Crippen MR) is 78.4 cm³/mol. The Bertz CT molecular complexity index is 508. The first-order valence-electron chi connectivity index (χ1n) is 6.96. The third-order valence-corrected chi connectivity index (χ3v) is 3.42. The molecule has 1 aliphatic rings. The molecular formula is C16H21NO3. The summed E-state index contributed by atoms with van der Waals surface area (Å²) in [6.45, 7) is 4.68. The van der Waals surface area contributed by atoms with Crippen molar-refractivity contribution in [2.75, 3.05) is 13.2 Å². The number of rotatable bonds is 5. The van der Waals surface area contributed by atoms with Crippen LogP contribution in [0.2, 0.25) is 0 Å². The van der Waals surface area contributed by atoms with Crippen LogP contribution in [0.5, 0.6) is 5.75 Å². The minimum absolute atomic E-state index is 0.129. The van der Waals surface area contributed by atoms with Crippen LogP contribution in [0, 0.1) is 5.92 Å². The highest BCUT2D eigenvalue weighted by Gasteiger charge is 2.17. The number of carbonyl (C=O) groups excluding carboxylic acids is 1. The number of para-hydroxylation sites is 1. The van der Waals surface area contributed by atoms with Crippen LogP contribution in [0.15, 0.2) is 29.8 Å². The van der Waals surface area contributed by atoms with E-state index in [1.165, 1.54) is 0 Å². The summed E-state index contributed by atoms with van der Waals surface area (Å²) in [4.78, 5) is 12.0. The second kappa shape index (κ2) is 6.57. The summed E-state index contributed by atoms with van der Waals surface area (Å²) in [6, 6.07) is 7.63. The second-order valence-corrected chi connectivity index (χ2v) is 5.35. The lowest BCUT2D eigenvalue weighted by molar-refractivity contribution is -0.117. The number of hydrogen-bond donors (Lipinski definition) is 2. The Morgan fingerprint density at radius 2 is 2.15 bits per heavy atom. The lowest BCUT2D eigenvalue weighted by atomic mass is 10.0. The van der Waals surface area contributed by atoms with Crippen LogP contribution in [-0.2, 0) is 4.79 Å². The van der Waals surface area contributed by atoms with Crippen LogP contribution >= 0.6 is 0 Å². The first-order chi connectivity index (χ1) is 9.58. The minimum atomic E-state index is -0.382. The van der Waals surface area contributed by atoms with E-state index in [0.717, 1.165) is 11.3 Å². The van der Waals surface area contributed by atoms with E-state index in [1.54, 1.807) is 0 Å². The molecule has 1 aromatic rings. The Balaban J connectivity index is 1.90. The SMILES string of the molecule is CC(C)C(O)CCNC(=O)C1=Cc2ccccc2OC1.